The summed E-state index contributed by atoms with van der Waals surface area (Å²) < 4.78 is 9.90. The number of carbonyl (C=O) groups is 2. The lowest BCUT2D eigenvalue weighted by Crippen LogP contribution is -2.41. The molecule has 4 rings (SSSR count). The normalized spacial score (nSPS) is 15.6. The van der Waals surface area contributed by atoms with Gasteiger partial charge in [0.15, 0.2) is 5.82 Å². The molecule has 0 radical (unpaired) electrons. The van der Waals surface area contributed by atoms with Crippen molar-refractivity contribution in [2.75, 3.05) is 37.5 Å². The number of methoxy groups -OCH3 is 2. The second-order valence-corrected chi connectivity index (χ2v) is 7.85. The maximum absolute atomic E-state index is 12.8. The molecule has 1 saturated heterocycles. The maximum Gasteiger partial charge on any atom is 0.337 e. The first-order valence-corrected chi connectivity index (χ1v) is 10.8. The van der Waals surface area contributed by atoms with Gasteiger partial charge in [-0.15, -0.1) is 10.2 Å². The van der Waals surface area contributed by atoms with E-state index in [2.05, 4.69) is 20.4 Å². The highest BCUT2D eigenvalue weighted by Gasteiger charge is 2.27. The molecule has 8 nitrogen and oxygen atoms in total. The van der Waals surface area contributed by atoms with Crippen LogP contribution in [0, 0.1) is 5.92 Å². The summed E-state index contributed by atoms with van der Waals surface area (Å²) in [5.74, 6) is 0.929. The third-order valence-corrected chi connectivity index (χ3v) is 5.73. The van der Waals surface area contributed by atoms with E-state index in [1.54, 1.807) is 31.4 Å². The topological polar surface area (TPSA) is 93.7 Å². The molecule has 0 saturated carbocycles. The molecule has 2 heterocycles. The number of amides is 1. The highest BCUT2D eigenvalue weighted by atomic mass is 16.5. The van der Waals surface area contributed by atoms with Crippen molar-refractivity contribution in [2.45, 2.75) is 12.8 Å². The van der Waals surface area contributed by atoms with Gasteiger partial charge in [0.05, 0.1) is 31.4 Å². The molecule has 170 valence electrons. The number of hydrogen-bond donors (Lipinski definition) is 1. The lowest BCUT2D eigenvalue weighted by molar-refractivity contribution is -0.120. The van der Waals surface area contributed by atoms with Crippen molar-refractivity contribution in [3.63, 3.8) is 0 Å². The average Bonchev–Trinajstić information content (AvgIpc) is 2.89. The van der Waals surface area contributed by atoms with Crippen molar-refractivity contribution < 1.29 is 19.1 Å². The van der Waals surface area contributed by atoms with Crippen molar-refractivity contribution in [1.82, 2.24) is 10.2 Å². The lowest BCUT2D eigenvalue weighted by atomic mass is 9.97. The van der Waals surface area contributed by atoms with Gasteiger partial charge in [0.1, 0.15) is 5.75 Å². The van der Waals surface area contributed by atoms with Gasteiger partial charge < -0.3 is 19.7 Å². The molecule has 1 aromatic heterocycles. The number of aromatic nitrogens is 2. The van der Waals surface area contributed by atoms with Gasteiger partial charge in [-0.2, -0.15) is 0 Å². The predicted octanol–water partition coefficient (Wildman–Crippen LogP) is 3.79. The minimum Gasteiger partial charge on any atom is -0.497 e. The van der Waals surface area contributed by atoms with Crippen LogP contribution >= 0.6 is 0 Å². The molecule has 3 aromatic rings. The lowest BCUT2D eigenvalue weighted by Gasteiger charge is -2.32. The summed E-state index contributed by atoms with van der Waals surface area (Å²) in [5, 5.41) is 11.7. The molecule has 0 bridgehead atoms. The number of nitrogens with one attached hydrogen (secondary N) is 1. The number of esters is 1. The molecule has 2 aromatic carbocycles. The van der Waals surface area contributed by atoms with E-state index >= 15 is 0 Å². The van der Waals surface area contributed by atoms with Gasteiger partial charge in [-0.3, -0.25) is 4.79 Å². The molecule has 1 atom stereocenters. The molecule has 1 fully saturated rings. The summed E-state index contributed by atoms with van der Waals surface area (Å²) in [5.41, 5.74) is 2.83. The Morgan fingerprint density at radius 2 is 1.73 bits per heavy atom. The van der Waals surface area contributed by atoms with Crippen molar-refractivity contribution >= 4 is 23.4 Å². The van der Waals surface area contributed by atoms with Crippen LogP contribution in [0.4, 0.5) is 11.5 Å². The molecular formula is C25H26N4O4. The van der Waals surface area contributed by atoms with Gasteiger partial charge >= 0.3 is 5.97 Å². The van der Waals surface area contributed by atoms with Crippen molar-refractivity contribution in [3.05, 3.63) is 66.2 Å². The molecule has 0 unspecified atom stereocenters. The highest BCUT2D eigenvalue weighted by molar-refractivity contribution is 5.94. The van der Waals surface area contributed by atoms with Crippen LogP contribution < -0.4 is 15.0 Å². The van der Waals surface area contributed by atoms with Crippen LogP contribution in [0.15, 0.2) is 60.7 Å². The van der Waals surface area contributed by atoms with E-state index in [1.807, 2.05) is 36.4 Å². The summed E-state index contributed by atoms with van der Waals surface area (Å²) >= 11 is 0. The Bertz CT molecular complexity index is 1100. The first kappa shape index (κ1) is 22.3. The van der Waals surface area contributed by atoms with E-state index < -0.39 is 5.97 Å². The van der Waals surface area contributed by atoms with Crippen molar-refractivity contribution in [3.8, 4) is 17.0 Å². The first-order chi connectivity index (χ1) is 16.1. The monoisotopic (exact) mass is 446 g/mol. The number of nitrogens with zero attached hydrogens (tertiary/aromatic N) is 3. The summed E-state index contributed by atoms with van der Waals surface area (Å²) in [6, 6.07) is 18.2. The van der Waals surface area contributed by atoms with E-state index in [-0.39, 0.29) is 11.8 Å². The minimum atomic E-state index is -0.407. The largest absolute Gasteiger partial charge is 0.497 e. The Morgan fingerprint density at radius 1 is 0.970 bits per heavy atom. The Labute approximate surface area is 192 Å². The summed E-state index contributed by atoms with van der Waals surface area (Å²) in [4.78, 5) is 26.5. The predicted molar refractivity (Wildman–Crippen MR) is 125 cm³/mol. The molecule has 8 heteroatoms. The van der Waals surface area contributed by atoms with Gasteiger partial charge in [-0.25, -0.2) is 4.79 Å². The second-order valence-electron chi connectivity index (χ2n) is 7.85. The number of anilines is 2. The van der Waals surface area contributed by atoms with Crippen molar-refractivity contribution in [2.24, 2.45) is 5.92 Å². The number of benzene rings is 2. The Morgan fingerprint density at radius 3 is 2.36 bits per heavy atom. The van der Waals surface area contributed by atoms with Gasteiger partial charge in [0.25, 0.3) is 0 Å². The van der Waals surface area contributed by atoms with E-state index in [9.17, 15) is 9.59 Å². The number of piperidine rings is 1. The zero-order valence-electron chi connectivity index (χ0n) is 18.7. The van der Waals surface area contributed by atoms with Crippen LogP contribution in [-0.2, 0) is 9.53 Å². The third kappa shape index (κ3) is 5.28. The van der Waals surface area contributed by atoms with E-state index in [0.717, 1.165) is 42.2 Å². The number of hydrogen-bond acceptors (Lipinski definition) is 7. The Kier molecular flexibility index (Phi) is 6.83. The Balaban J connectivity index is 1.38. The van der Waals surface area contributed by atoms with Gasteiger partial charge in [-0.1, -0.05) is 0 Å². The average molecular weight is 447 g/mol. The molecule has 0 aliphatic carbocycles. The Hall–Kier alpha value is -3.94. The van der Waals surface area contributed by atoms with Crippen LogP contribution in [0.2, 0.25) is 0 Å². The van der Waals surface area contributed by atoms with Crippen LogP contribution in [0.25, 0.3) is 11.3 Å². The number of rotatable bonds is 6. The van der Waals surface area contributed by atoms with Gasteiger partial charge in [-0.05, 0) is 73.5 Å². The van der Waals surface area contributed by atoms with Crippen LogP contribution in [0.3, 0.4) is 0 Å². The van der Waals surface area contributed by atoms with Crippen LogP contribution in [0.1, 0.15) is 23.2 Å². The fraction of sp³-hybridized carbons (Fsp3) is 0.280. The molecule has 1 aliphatic rings. The quantitative estimate of drug-likeness (QED) is 0.576. The van der Waals surface area contributed by atoms with Crippen molar-refractivity contribution in [1.29, 1.82) is 0 Å². The van der Waals surface area contributed by atoms with Crippen LogP contribution in [-0.4, -0.2) is 49.4 Å². The third-order valence-electron chi connectivity index (χ3n) is 5.73. The van der Waals surface area contributed by atoms with E-state index in [0.29, 0.717) is 17.8 Å². The molecule has 1 aliphatic heterocycles. The highest BCUT2D eigenvalue weighted by Crippen LogP contribution is 2.25. The second kappa shape index (κ2) is 10.1. The maximum atomic E-state index is 12.8. The van der Waals surface area contributed by atoms with E-state index in [4.69, 9.17) is 9.47 Å². The zero-order valence-corrected chi connectivity index (χ0v) is 18.7. The molecular weight excluding hydrogens is 420 g/mol. The molecule has 1 amide bonds. The van der Waals surface area contributed by atoms with E-state index in [1.165, 1.54) is 7.11 Å². The summed E-state index contributed by atoms with van der Waals surface area (Å²) in [6.07, 6.45) is 1.70. The first-order valence-electron chi connectivity index (χ1n) is 10.8. The zero-order chi connectivity index (χ0) is 23.2. The smallest absolute Gasteiger partial charge is 0.337 e. The number of carbonyl (C=O) groups excluding carboxylic acids is 2. The standard InChI is InChI=1S/C25H26N4O4/c1-32-21-11-7-17(8-12-21)22-13-14-23(28-27-22)29-15-3-4-19(16-29)24(30)26-20-9-5-18(6-10-20)25(31)33-2/h5-14,19H,3-4,15-16H2,1-2H3,(H,26,30)/t19-/m1/s1. The molecule has 33 heavy (non-hydrogen) atoms. The van der Waals surface area contributed by atoms with Gasteiger partial charge in [0.2, 0.25) is 5.91 Å². The fourth-order valence-corrected chi connectivity index (χ4v) is 3.86. The molecule has 0 spiro atoms. The SMILES string of the molecule is COC(=O)c1ccc(NC(=O)[C@@H]2CCCN(c3ccc(-c4ccc(OC)cc4)nn3)C2)cc1. The number of ether oxygens (including phenoxy) is 2. The van der Waals surface area contributed by atoms with Gasteiger partial charge in [0, 0.05) is 24.3 Å². The summed E-state index contributed by atoms with van der Waals surface area (Å²) in [7, 11) is 2.97. The minimum absolute atomic E-state index is 0.0478. The summed E-state index contributed by atoms with van der Waals surface area (Å²) in [6.45, 7) is 1.40. The van der Waals surface area contributed by atoms with Crippen LogP contribution in [0.5, 0.6) is 5.75 Å². The molecule has 1 N–H and O–H groups in total. The fourth-order valence-electron chi connectivity index (χ4n) is 3.86.